The van der Waals surface area contributed by atoms with E-state index in [0.717, 1.165) is 17.7 Å². The van der Waals surface area contributed by atoms with Crippen LogP contribution in [0.5, 0.6) is 0 Å². The number of carbonyl (C=O) groups excluding carboxylic acids is 1. The van der Waals surface area contributed by atoms with Crippen LogP contribution in [0.1, 0.15) is 16.7 Å². The molecule has 2 aromatic carbocycles. The van der Waals surface area contributed by atoms with Crippen molar-refractivity contribution in [1.82, 2.24) is 10.2 Å². The number of nitrogens with one attached hydrogen (secondary N) is 1. The second kappa shape index (κ2) is 8.39. The molecule has 0 heterocycles. The van der Waals surface area contributed by atoms with Crippen molar-refractivity contribution in [3.8, 4) is 0 Å². The number of urea groups is 1. The van der Waals surface area contributed by atoms with Gasteiger partial charge in [-0.1, -0.05) is 42.0 Å². The van der Waals surface area contributed by atoms with Crippen LogP contribution in [0.15, 0.2) is 48.5 Å². The summed E-state index contributed by atoms with van der Waals surface area (Å²) >= 11 is 0. The molecule has 0 fully saturated rings. The molecule has 0 aromatic heterocycles. The molecule has 0 saturated carbocycles. The number of amides is 2. The first-order valence-corrected chi connectivity index (χ1v) is 8.26. The Morgan fingerprint density at radius 3 is 2.33 bits per heavy atom. The smallest absolute Gasteiger partial charge is 0.317 e. The zero-order valence-electron chi connectivity index (χ0n) is 15.0. The van der Waals surface area contributed by atoms with Crippen LogP contribution in [0, 0.1) is 6.92 Å². The van der Waals surface area contributed by atoms with E-state index in [-0.39, 0.29) is 6.03 Å². The van der Waals surface area contributed by atoms with E-state index < -0.39 is 0 Å². The van der Waals surface area contributed by atoms with Crippen LogP contribution >= 0.6 is 0 Å². The molecule has 0 bridgehead atoms. The van der Waals surface area contributed by atoms with Gasteiger partial charge in [0.05, 0.1) is 0 Å². The first kappa shape index (κ1) is 17.9. The van der Waals surface area contributed by atoms with E-state index in [4.69, 9.17) is 0 Å². The van der Waals surface area contributed by atoms with Crippen LogP contribution in [0.25, 0.3) is 0 Å². The van der Waals surface area contributed by atoms with Gasteiger partial charge in [-0.25, -0.2) is 4.79 Å². The number of aryl methyl sites for hydroxylation is 1. The average Bonchev–Trinajstić information content (AvgIpc) is 2.55. The van der Waals surface area contributed by atoms with Crippen molar-refractivity contribution in [2.45, 2.75) is 19.9 Å². The van der Waals surface area contributed by atoms with Crippen molar-refractivity contribution >= 4 is 11.7 Å². The van der Waals surface area contributed by atoms with Gasteiger partial charge in [-0.2, -0.15) is 0 Å². The highest BCUT2D eigenvalue weighted by atomic mass is 16.2. The van der Waals surface area contributed by atoms with Gasteiger partial charge in [-0.05, 0) is 36.6 Å². The third-order valence-corrected chi connectivity index (χ3v) is 3.99. The van der Waals surface area contributed by atoms with E-state index in [0.29, 0.717) is 13.1 Å². The molecule has 24 heavy (non-hydrogen) atoms. The quantitative estimate of drug-likeness (QED) is 0.883. The summed E-state index contributed by atoms with van der Waals surface area (Å²) in [5.41, 5.74) is 4.77. The first-order chi connectivity index (χ1) is 11.5. The highest BCUT2D eigenvalue weighted by Crippen LogP contribution is 2.13. The SMILES string of the molecule is Cc1cccc(CCNC(=O)N(C)Cc2ccc(N(C)C)cc2)c1. The van der Waals surface area contributed by atoms with Crippen LogP contribution in [0.3, 0.4) is 0 Å². The highest BCUT2D eigenvalue weighted by Gasteiger charge is 2.08. The summed E-state index contributed by atoms with van der Waals surface area (Å²) in [6, 6.07) is 16.6. The molecule has 0 aliphatic carbocycles. The number of rotatable bonds is 6. The summed E-state index contributed by atoms with van der Waals surface area (Å²) in [7, 11) is 5.85. The summed E-state index contributed by atoms with van der Waals surface area (Å²) in [6.07, 6.45) is 0.846. The number of benzene rings is 2. The lowest BCUT2D eigenvalue weighted by atomic mass is 10.1. The fraction of sp³-hybridized carbons (Fsp3) is 0.350. The Kier molecular flexibility index (Phi) is 6.24. The van der Waals surface area contributed by atoms with Gasteiger partial charge in [0.25, 0.3) is 0 Å². The maximum Gasteiger partial charge on any atom is 0.317 e. The zero-order valence-corrected chi connectivity index (χ0v) is 15.0. The van der Waals surface area contributed by atoms with Gasteiger partial charge in [0.2, 0.25) is 0 Å². The third kappa shape index (κ3) is 5.30. The van der Waals surface area contributed by atoms with Crippen LogP contribution in [-0.4, -0.2) is 38.6 Å². The van der Waals surface area contributed by atoms with Crippen LogP contribution in [0.2, 0.25) is 0 Å². The number of hydrogen-bond acceptors (Lipinski definition) is 2. The minimum Gasteiger partial charge on any atom is -0.378 e. The summed E-state index contributed by atoms with van der Waals surface area (Å²) in [5, 5.41) is 2.98. The molecule has 128 valence electrons. The normalized spacial score (nSPS) is 10.3. The zero-order chi connectivity index (χ0) is 17.5. The maximum absolute atomic E-state index is 12.2. The van der Waals surface area contributed by atoms with Gasteiger partial charge < -0.3 is 15.1 Å². The van der Waals surface area contributed by atoms with Crippen molar-refractivity contribution in [2.75, 3.05) is 32.6 Å². The van der Waals surface area contributed by atoms with Crippen molar-refractivity contribution in [2.24, 2.45) is 0 Å². The minimum absolute atomic E-state index is 0.0423. The lowest BCUT2D eigenvalue weighted by Gasteiger charge is -2.19. The summed E-state index contributed by atoms with van der Waals surface area (Å²) < 4.78 is 0. The Morgan fingerprint density at radius 2 is 1.71 bits per heavy atom. The molecular formula is C20H27N3O. The molecule has 0 spiro atoms. The van der Waals surface area contributed by atoms with E-state index in [2.05, 4.69) is 65.7 Å². The van der Waals surface area contributed by atoms with Crippen molar-refractivity contribution in [3.05, 3.63) is 65.2 Å². The molecule has 2 amide bonds. The first-order valence-electron chi connectivity index (χ1n) is 8.26. The lowest BCUT2D eigenvalue weighted by molar-refractivity contribution is 0.207. The second-order valence-corrected chi connectivity index (χ2v) is 6.39. The van der Waals surface area contributed by atoms with Crippen molar-refractivity contribution in [1.29, 1.82) is 0 Å². The Balaban J connectivity index is 1.79. The average molecular weight is 325 g/mol. The molecule has 0 aliphatic heterocycles. The lowest BCUT2D eigenvalue weighted by Crippen LogP contribution is -2.37. The fourth-order valence-corrected chi connectivity index (χ4v) is 2.56. The van der Waals surface area contributed by atoms with Crippen molar-refractivity contribution in [3.63, 3.8) is 0 Å². The van der Waals surface area contributed by atoms with Gasteiger partial charge in [0.1, 0.15) is 0 Å². The summed E-state index contributed by atoms with van der Waals surface area (Å²) in [6.45, 7) is 3.33. The summed E-state index contributed by atoms with van der Waals surface area (Å²) in [4.78, 5) is 16.0. The van der Waals surface area contributed by atoms with Crippen LogP contribution < -0.4 is 10.2 Å². The molecule has 0 atom stereocenters. The number of hydrogen-bond donors (Lipinski definition) is 1. The minimum atomic E-state index is -0.0423. The maximum atomic E-state index is 12.2. The third-order valence-electron chi connectivity index (χ3n) is 3.99. The topological polar surface area (TPSA) is 35.6 Å². The number of anilines is 1. The molecule has 2 rings (SSSR count). The largest absolute Gasteiger partial charge is 0.378 e. The van der Waals surface area contributed by atoms with E-state index >= 15 is 0 Å². The molecule has 2 aromatic rings. The number of nitrogens with zero attached hydrogens (tertiary/aromatic N) is 2. The molecule has 4 heteroatoms. The van der Waals surface area contributed by atoms with Crippen molar-refractivity contribution < 1.29 is 4.79 Å². The molecule has 1 N–H and O–H groups in total. The molecule has 0 aliphatic rings. The van der Waals surface area contributed by atoms with Crippen LogP contribution in [0.4, 0.5) is 10.5 Å². The molecular weight excluding hydrogens is 298 g/mol. The molecule has 0 saturated heterocycles. The van der Waals surface area contributed by atoms with Gasteiger partial charge in [0.15, 0.2) is 0 Å². The fourth-order valence-electron chi connectivity index (χ4n) is 2.56. The Hall–Kier alpha value is -2.49. The predicted molar refractivity (Wildman–Crippen MR) is 101 cm³/mol. The van der Waals surface area contributed by atoms with Crippen LogP contribution in [-0.2, 0) is 13.0 Å². The van der Waals surface area contributed by atoms with Gasteiger partial charge in [-0.3, -0.25) is 0 Å². The highest BCUT2D eigenvalue weighted by molar-refractivity contribution is 5.73. The van der Waals surface area contributed by atoms with E-state index in [1.807, 2.05) is 21.1 Å². The standard InChI is InChI=1S/C20H27N3O/c1-16-6-5-7-17(14-16)12-13-21-20(24)23(4)15-18-8-10-19(11-9-18)22(2)3/h5-11,14H,12-13,15H2,1-4H3,(H,21,24). The Bertz CT molecular complexity index is 665. The Labute approximate surface area is 145 Å². The van der Waals surface area contributed by atoms with E-state index in [1.54, 1.807) is 4.90 Å². The monoisotopic (exact) mass is 325 g/mol. The second-order valence-electron chi connectivity index (χ2n) is 6.39. The molecule has 0 unspecified atom stereocenters. The van der Waals surface area contributed by atoms with Gasteiger partial charge in [-0.15, -0.1) is 0 Å². The molecule has 0 radical (unpaired) electrons. The predicted octanol–water partition coefficient (Wildman–Crippen LogP) is 3.45. The molecule has 4 nitrogen and oxygen atoms in total. The van der Waals surface area contributed by atoms with Gasteiger partial charge in [0, 0.05) is 39.9 Å². The van der Waals surface area contributed by atoms with E-state index in [1.165, 1.54) is 11.1 Å². The summed E-state index contributed by atoms with van der Waals surface area (Å²) in [5.74, 6) is 0. The Morgan fingerprint density at radius 1 is 1.00 bits per heavy atom. The van der Waals surface area contributed by atoms with Gasteiger partial charge >= 0.3 is 6.03 Å². The number of carbonyl (C=O) groups is 1. The van der Waals surface area contributed by atoms with E-state index in [9.17, 15) is 4.79 Å².